The molecule has 0 aliphatic heterocycles. The number of carbonyl (C=O) groups is 1. The third-order valence-electron chi connectivity index (χ3n) is 2.83. The van der Waals surface area contributed by atoms with Crippen LogP contribution in [0.5, 0.6) is 11.5 Å². The Morgan fingerprint density at radius 3 is 2.58 bits per heavy atom. The van der Waals surface area contributed by atoms with E-state index in [0.717, 1.165) is 19.3 Å². The lowest BCUT2D eigenvalue weighted by Crippen LogP contribution is -2.09. The average Bonchev–Trinajstić information content (AvgIpc) is 2.36. The summed E-state index contributed by atoms with van der Waals surface area (Å²) in [5.41, 5.74) is 0.757. The highest BCUT2D eigenvalue weighted by Crippen LogP contribution is 2.39. The van der Waals surface area contributed by atoms with E-state index < -0.39 is 5.97 Å². The van der Waals surface area contributed by atoms with Gasteiger partial charge < -0.3 is 14.9 Å². The number of ether oxygens (including phenoxy) is 1. The van der Waals surface area contributed by atoms with Gasteiger partial charge in [0, 0.05) is 0 Å². The summed E-state index contributed by atoms with van der Waals surface area (Å²) >= 11 is 3.06. The zero-order valence-electron chi connectivity index (χ0n) is 11.2. The molecule has 1 aromatic carbocycles. The second-order valence-corrected chi connectivity index (χ2v) is 5.06. The number of benzene rings is 1. The predicted octanol–water partition coefficient (Wildman–Crippen LogP) is 3.77. The molecule has 106 valence electrons. The Bertz CT molecular complexity index is 457. The fourth-order valence-corrected chi connectivity index (χ4v) is 2.19. The number of carbonyl (C=O) groups excluding carboxylic acids is 1. The Kier molecular flexibility index (Phi) is 6.15. The first-order valence-electron chi connectivity index (χ1n) is 6.43. The molecule has 0 fully saturated rings. The molecular weight excluding hydrogens is 312 g/mol. The van der Waals surface area contributed by atoms with Gasteiger partial charge in [-0.3, -0.25) is 0 Å². The van der Waals surface area contributed by atoms with Crippen molar-refractivity contribution in [3.05, 3.63) is 21.7 Å². The van der Waals surface area contributed by atoms with Crippen LogP contribution in [0.4, 0.5) is 0 Å². The van der Waals surface area contributed by atoms with Gasteiger partial charge in [-0.05, 0) is 47.3 Å². The third-order valence-corrected chi connectivity index (χ3v) is 3.61. The van der Waals surface area contributed by atoms with Crippen LogP contribution in [0.3, 0.4) is 0 Å². The molecule has 2 N–H and O–H groups in total. The molecule has 0 unspecified atom stereocenters. The van der Waals surface area contributed by atoms with Crippen molar-refractivity contribution >= 4 is 21.9 Å². The number of phenols is 2. The summed E-state index contributed by atoms with van der Waals surface area (Å²) in [6.45, 7) is 4.04. The van der Waals surface area contributed by atoms with E-state index in [0.29, 0.717) is 12.0 Å². The van der Waals surface area contributed by atoms with Crippen LogP contribution in [-0.4, -0.2) is 22.8 Å². The standard InChI is InChI=1S/C14H19BrO4/c1-3-5-6-7-9-8-10(16)12(15)13(17)11(9)14(18)19-4-2/h8,16-17H,3-7H2,1-2H3. The maximum atomic E-state index is 11.9. The van der Waals surface area contributed by atoms with Crippen LogP contribution in [0.2, 0.25) is 0 Å². The van der Waals surface area contributed by atoms with Gasteiger partial charge in [-0.25, -0.2) is 4.79 Å². The Hall–Kier alpha value is -1.23. The molecule has 0 amide bonds. The van der Waals surface area contributed by atoms with Gasteiger partial charge in [0.05, 0.1) is 6.61 Å². The van der Waals surface area contributed by atoms with Crippen LogP contribution >= 0.6 is 15.9 Å². The quantitative estimate of drug-likeness (QED) is 0.615. The predicted molar refractivity (Wildman–Crippen MR) is 76.7 cm³/mol. The summed E-state index contributed by atoms with van der Waals surface area (Å²) in [4.78, 5) is 11.9. The first-order chi connectivity index (χ1) is 9.02. The van der Waals surface area contributed by atoms with Gasteiger partial charge in [0.25, 0.3) is 0 Å². The topological polar surface area (TPSA) is 66.8 Å². The first-order valence-corrected chi connectivity index (χ1v) is 7.22. The highest BCUT2D eigenvalue weighted by Gasteiger charge is 2.22. The van der Waals surface area contributed by atoms with Crippen molar-refractivity contribution < 1.29 is 19.7 Å². The first kappa shape index (κ1) is 15.8. The molecule has 4 nitrogen and oxygen atoms in total. The second-order valence-electron chi connectivity index (χ2n) is 4.27. The third kappa shape index (κ3) is 3.86. The molecule has 0 atom stereocenters. The van der Waals surface area contributed by atoms with Gasteiger partial charge in [-0.15, -0.1) is 0 Å². The molecule has 0 spiro atoms. The summed E-state index contributed by atoms with van der Waals surface area (Å²) in [6, 6.07) is 1.51. The maximum Gasteiger partial charge on any atom is 0.342 e. The molecule has 0 aliphatic rings. The minimum Gasteiger partial charge on any atom is -0.507 e. The number of rotatable bonds is 6. The van der Waals surface area contributed by atoms with Gasteiger partial charge in [0.2, 0.25) is 0 Å². The molecule has 1 aromatic rings. The van der Waals surface area contributed by atoms with E-state index in [-0.39, 0.29) is 28.1 Å². The fraction of sp³-hybridized carbons (Fsp3) is 0.500. The smallest absolute Gasteiger partial charge is 0.342 e. The summed E-state index contributed by atoms with van der Waals surface area (Å²) in [7, 11) is 0. The largest absolute Gasteiger partial charge is 0.507 e. The van der Waals surface area contributed by atoms with Crippen LogP contribution in [0.15, 0.2) is 10.5 Å². The summed E-state index contributed by atoms with van der Waals surface area (Å²) in [5.74, 6) is -0.894. The van der Waals surface area contributed by atoms with Crippen molar-refractivity contribution in [2.45, 2.75) is 39.5 Å². The molecule has 0 bridgehead atoms. The molecule has 19 heavy (non-hydrogen) atoms. The van der Waals surface area contributed by atoms with Crippen molar-refractivity contribution in [1.29, 1.82) is 0 Å². The van der Waals surface area contributed by atoms with E-state index in [1.807, 2.05) is 0 Å². The molecule has 0 saturated heterocycles. The van der Waals surface area contributed by atoms with E-state index in [1.165, 1.54) is 6.07 Å². The molecule has 1 rings (SSSR count). The number of hydrogen-bond donors (Lipinski definition) is 2. The van der Waals surface area contributed by atoms with Crippen LogP contribution in [0.1, 0.15) is 49.0 Å². The van der Waals surface area contributed by atoms with E-state index in [1.54, 1.807) is 6.92 Å². The zero-order valence-corrected chi connectivity index (χ0v) is 12.8. The minimum absolute atomic E-state index is 0.0722. The number of aromatic hydroxyl groups is 2. The molecule has 0 heterocycles. The van der Waals surface area contributed by atoms with Crippen LogP contribution in [-0.2, 0) is 11.2 Å². The van der Waals surface area contributed by atoms with Crippen molar-refractivity contribution in [3.8, 4) is 11.5 Å². The molecule has 0 aliphatic carbocycles. The number of halogens is 1. The monoisotopic (exact) mass is 330 g/mol. The molecule has 0 radical (unpaired) electrons. The lowest BCUT2D eigenvalue weighted by atomic mass is 10.00. The lowest BCUT2D eigenvalue weighted by molar-refractivity contribution is 0.0521. The summed E-state index contributed by atoms with van der Waals surface area (Å²) in [5, 5.41) is 19.7. The van der Waals surface area contributed by atoms with E-state index in [4.69, 9.17) is 4.74 Å². The Labute approximate surface area is 121 Å². The molecule has 0 saturated carbocycles. The van der Waals surface area contributed by atoms with Crippen molar-refractivity contribution in [3.63, 3.8) is 0 Å². The van der Waals surface area contributed by atoms with Crippen LogP contribution in [0.25, 0.3) is 0 Å². The van der Waals surface area contributed by atoms with Crippen LogP contribution < -0.4 is 0 Å². The van der Waals surface area contributed by atoms with Crippen molar-refractivity contribution in [2.24, 2.45) is 0 Å². The highest BCUT2D eigenvalue weighted by molar-refractivity contribution is 9.10. The van der Waals surface area contributed by atoms with Gasteiger partial charge >= 0.3 is 5.97 Å². The number of aryl methyl sites for hydroxylation is 1. The van der Waals surface area contributed by atoms with E-state index >= 15 is 0 Å². The lowest BCUT2D eigenvalue weighted by Gasteiger charge is -2.13. The fourth-order valence-electron chi connectivity index (χ4n) is 1.88. The van der Waals surface area contributed by atoms with E-state index in [2.05, 4.69) is 22.9 Å². The van der Waals surface area contributed by atoms with Crippen molar-refractivity contribution in [2.75, 3.05) is 6.61 Å². The minimum atomic E-state index is -0.563. The van der Waals surface area contributed by atoms with Gasteiger partial charge in [-0.2, -0.15) is 0 Å². The SMILES string of the molecule is CCCCCc1cc(O)c(Br)c(O)c1C(=O)OCC. The number of hydrogen-bond acceptors (Lipinski definition) is 4. The van der Waals surface area contributed by atoms with Gasteiger partial charge in [0.15, 0.2) is 0 Å². The Balaban J connectivity index is 3.15. The maximum absolute atomic E-state index is 11.9. The number of unbranched alkanes of at least 4 members (excludes halogenated alkanes) is 2. The number of esters is 1. The Morgan fingerprint density at radius 1 is 1.32 bits per heavy atom. The normalized spacial score (nSPS) is 10.5. The number of phenolic OH excluding ortho intramolecular Hbond substituents is 2. The highest BCUT2D eigenvalue weighted by atomic mass is 79.9. The van der Waals surface area contributed by atoms with Gasteiger partial charge in [0.1, 0.15) is 21.5 Å². The van der Waals surface area contributed by atoms with E-state index in [9.17, 15) is 15.0 Å². The summed E-state index contributed by atoms with van der Waals surface area (Å²) in [6.07, 6.45) is 3.60. The summed E-state index contributed by atoms with van der Waals surface area (Å²) < 4.78 is 5.07. The average molecular weight is 331 g/mol. The zero-order chi connectivity index (χ0) is 14.4. The van der Waals surface area contributed by atoms with Gasteiger partial charge in [-0.1, -0.05) is 19.8 Å². The van der Waals surface area contributed by atoms with Crippen molar-refractivity contribution in [1.82, 2.24) is 0 Å². The molecular formula is C14H19BrO4. The molecule has 5 heteroatoms. The second kappa shape index (κ2) is 7.38. The molecule has 0 aromatic heterocycles. The Morgan fingerprint density at radius 2 is 2.00 bits per heavy atom. The van der Waals surface area contributed by atoms with Crippen LogP contribution in [0, 0.1) is 0 Å².